The Morgan fingerprint density at radius 1 is 1.20 bits per heavy atom. The Hall–Kier alpha value is -1.00. The first-order valence-electron chi connectivity index (χ1n) is 7.61. The second-order valence-electron chi connectivity index (χ2n) is 6.09. The van der Waals surface area contributed by atoms with Crippen LogP contribution < -0.4 is 5.32 Å². The van der Waals surface area contributed by atoms with Gasteiger partial charge in [0.15, 0.2) is 11.6 Å². The fraction of sp³-hybridized carbons (Fsp3) is 0.625. The van der Waals surface area contributed by atoms with Crippen LogP contribution >= 0.6 is 0 Å². The zero-order valence-corrected chi connectivity index (χ0v) is 11.7. The lowest BCUT2D eigenvalue weighted by Gasteiger charge is -2.30. The Labute approximate surface area is 119 Å². The highest BCUT2D eigenvalue weighted by Crippen LogP contribution is 2.30. The summed E-state index contributed by atoms with van der Waals surface area (Å²) in [5.74, 6) is -0.779. The SMILES string of the molecule is Fc1cccc(CN(CC2CCCNC2)C2CC2)c1F. The lowest BCUT2D eigenvalue weighted by Crippen LogP contribution is -2.39. The average molecular weight is 280 g/mol. The van der Waals surface area contributed by atoms with Gasteiger partial charge in [-0.15, -0.1) is 0 Å². The van der Waals surface area contributed by atoms with Gasteiger partial charge in [-0.2, -0.15) is 0 Å². The predicted molar refractivity (Wildman–Crippen MR) is 75.4 cm³/mol. The first kappa shape index (κ1) is 14.0. The summed E-state index contributed by atoms with van der Waals surface area (Å²) in [7, 11) is 0. The highest BCUT2D eigenvalue weighted by atomic mass is 19.2. The maximum absolute atomic E-state index is 13.8. The van der Waals surface area contributed by atoms with Gasteiger partial charge in [0.1, 0.15) is 0 Å². The van der Waals surface area contributed by atoms with Crippen molar-refractivity contribution in [2.45, 2.75) is 38.3 Å². The fourth-order valence-corrected chi connectivity index (χ4v) is 3.08. The van der Waals surface area contributed by atoms with Crippen LogP contribution in [-0.4, -0.2) is 30.6 Å². The van der Waals surface area contributed by atoms with Crippen LogP contribution in [-0.2, 0) is 6.54 Å². The number of rotatable bonds is 5. The molecule has 0 spiro atoms. The van der Waals surface area contributed by atoms with Crippen molar-refractivity contribution >= 4 is 0 Å². The molecule has 0 amide bonds. The smallest absolute Gasteiger partial charge is 0.163 e. The number of nitrogens with zero attached hydrogens (tertiary/aromatic N) is 1. The molecule has 2 aliphatic rings. The van der Waals surface area contributed by atoms with Crippen molar-refractivity contribution in [3.05, 3.63) is 35.4 Å². The van der Waals surface area contributed by atoms with Crippen molar-refractivity contribution < 1.29 is 8.78 Å². The molecule has 1 unspecified atom stereocenters. The summed E-state index contributed by atoms with van der Waals surface area (Å²) in [5.41, 5.74) is 0.487. The minimum absolute atomic E-state index is 0.487. The van der Waals surface area contributed by atoms with E-state index in [9.17, 15) is 8.78 Å². The molecule has 20 heavy (non-hydrogen) atoms. The lowest BCUT2D eigenvalue weighted by molar-refractivity contribution is 0.190. The predicted octanol–water partition coefficient (Wildman–Crippen LogP) is 2.93. The Morgan fingerprint density at radius 2 is 2.05 bits per heavy atom. The van der Waals surface area contributed by atoms with E-state index >= 15 is 0 Å². The molecule has 1 aliphatic carbocycles. The number of halogens is 2. The Bertz CT molecular complexity index is 454. The Morgan fingerprint density at radius 3 is 2.75 bits per heavy atom. The maximum Gasteiger partial charge on any atom is 0.163 e. The van der Waals surface area contributed by atoms with Crippen LogP contribution in [0.3, 0.4) is 0 Å². The van der Waals surface area contributed by atoms with Gasteiger partial charge in [-0.25, -0.2) is 8.78 Å². The molecule has 2 nitrogen and oxygen atoms in total. The van der Waals surface area contributed by atoms with E-state index in [1.807, 2.05) is 0 Å². The monoisotopic (exact) mass is 280 g/mol. The Balaban J connectivity index is 1.66. The van der Waals surface area contributed by atoms with Crippen LogP contribution in [0.1, 0.15) is 31.2 Å². The van der Waals surface area contributed by atoms with Crippen molar-refractivity contribution in [1.82, 2.24) is 10.2 Å². The van der Waals surface area contributed by atoms with E-state index in [0.29, 0.717) is 24.1 Å². The first-order valence-corrected chi connectivity index (χ1v) is 7.61. The molecule has 1 N–H and O–H groups in total. The molecule has 0 aromatic heterocycles. The topological polar surface area (TPSA) is 15.3 Å². The van der Waals surface area contributed by atoms with E-state index in [4.69, 9.17) is 0 Å². The van der Waals surface area contributed by atoms with E-state index in [1.54, 1.807) is 12.1 Å². The summed E-state index contributed by atoms with van der Waals surface area (Å²) in [6.45, 7) is 3.69. The van der Waals surface area contributed by atoms with Gasteiger partial charge in [-0.1, -0.05) is 12.1 Å². The summed E-state index contributed by atoms with van der Waals surface area (Å²) < 4.78 is 27.1. The zero-order valence-electron chi connectivity index (χ0n) is 11.7. The molecular formula is C16H22F2N2. The van der Waals surface area contributed by atoms with Crippen molar-refractivity contribution in [3.8, 4) is 0 Å². The zero-order chi connectivity index (χ0) is 13.9. The normalized spacial score (nSPS) is 23.2. The second-order valence-corrected chi connectivity index (χ2v) is 6.09. The number of hydrogen-bond donors (Lipinski definition) is 1. The molecule has 4 heteroatoms. The minimum Gasteiger partial charge on any atom is -0.316 e. The van der Waals surface area contributed by atoms with Crippen LogP contribution in [0.2, 0.25) is 0 Å². The first-order chi connectivity index (χ1) is 9.74. The minimum atomic E-state index is -0.738. The van der Waals surface area contributed by atoms with Gasteiger partial charge in [0.25, 0.3) is 0 Å². The molecule has 1 aromatic rings. The highest BCUT2D eigenvalue weighted by molar-refractivity contribution is 5.19. The lowest BCUT2D eigenvalue weighted by atomic mass is 9.98. The number of nitrogens with one attached hydrogen (secondary N) is 1. The summed E-state index contributed by atoms with van der Waals surface area (Å²) in [6, 6.07) is 5.05. The highest BCUT2D eigenvalue weighted by Gasteiger charge is 2.31. The molecular weight excluding hydrogens is 258 g/mol. The molecule has 0 bridgehead atoms. The quantitative estimate of drug-likeness (QED) is 0.892. The number of hydrogen-bond acceptors (Lipinski definition) is 2. The van der Waals surface area contributed by atoms with E-state index in [1.165, 1.54) is 31.7 Å². The summed E-state index contributed by atoms with van der Waals surface area (Å²) in [4.78, 5) is 2.34. The second kappa shape index (κ2) is 6.19. The molecule has 1 atom stereocenters. The van der Waals surface area contributed by atoms with Crippen LogP contribution in [0.5, 0.6) is 0 Å². The van der Waals surface area contributed by atoms with Gasteiger partial charge in [-0.3, -0.25) is 4.90 Å². The fourth-order valence-electron chi connectivity index (χ4n) is 3.08. The summed E-state index contributed by atoms with van der Waals surface area (Å²) in [6.07, 6.45) is 4.84. The van der Waals surface area contributed by atoms with Gasteiger partial charge < -0.3 is 5.32 Å². The molecule has 2 fully saturated rings. The average Bonchev–Trinajstić information content (AvgIpc) is 3.29. The summed E-state index contributed by atoms with van der Waals surface area (Å²) in [5, 5.41) is 3.42. The molecule has 110 valence electrons. The largest absolute Gasteiger partial charge is 0.316 e. The third-order valence-corrected chi connectivity index (χ3v) is 4.36. The van der Waals surface area contributed by atoms with Crippen molar-refractivity contribution in [2.24, 2.45) is 5.92 Å². The Kier molecular flexibility index (Phi) is 4.32. The van der Waals surface area contributed by atoms with Crippen molar-refractivity contribution in [2.75, 3.05) is 19.6 Å². The molecule has 1 saturated heterocycles. The van der Waals surface area contributed by atoms with Gasteiger partial charge in [-0.05, 0) is 50.8 Å². The molecule has 1 saturated carbocycles. The number of benzene rings is 1. The third-order valence-electron chi connectivity index (χ3n) is 4.36. The van der Waals surface area contributed by atoms with Crippen molar-refractivity contribution in [3.63, 3.8) is 0 Å². The maximum atomic E-state index is 13.8. The molecule has 1 aliphatic heterocycles. The third kappa shape index (κ3) is 3.36. The van der Waals surface area contributed by atoms with E-state index < -0.39 is 11.6 Å². The van der Waals surface area contributed by atoms with Crippen molar-refractivity contribution in [1.29, 1.82) is 0 Å². The molecule has 3 rings (SSSR count). The molecule has 1 aromatic carbocycles. The van der Waals surface area contributed by atoms with Gasteiger partial charge in [0, 0.05) is 24.7 Å². The molecule has 1 heterocycles. The van der Waals surface area contributed by atoms with E-state index in [-0.39, 0.29) is 0 Å². The van der Waals surface area contributed by atoms with E-state index in [0.717, 1.165) is 19.6 Å². The van der Waals surface area contributed by atoms with Gasteiger partial charge >= 0.3 is 0 Å². The standard InChI is InChI=1S/C16H22F2N2/c17-15-5-1-4-13(16(15)18)11-20(14-6-7-14)10-12-3-2-8-19-9-12/h1,4-5,12,14,19H,2-3,6-11H2. The van der Waals surface area contributed by atoms with E-state index in [2.05, 4.69) is 10.2 Å². The van der Waals surface area contributed by atoms with Crippen LogP contribution in [0.15, 0.2) is 18.2 Å². The van der Waals surface area contributed by atoms with Crippen LogP contribution in [0, 0.1) is 17.6 Å². The van der Waals surface area contributed by atoms with Crippen LogP contribution in [0.25, 0.3) is 0 Å². The van der Waals surface area contributed by atoms with Gasteiger partial charge in [0.2, 0.25) is 0 Å². The van der Waals surface area contributed by atoms with Gasteiger partial charge in [0.05, 0.1) is 0 Å². The van der Waals surface area contributed by atoms with Crippen LogP contribution in [0.4, 0.5) is 8.78 Å². The number of piperidine rings is 1. The summed E-state index contributed by atoms with van der Waals surface area (Å²) >= 11 is 0. The molecule has 0 radical (unpaired) electrons.